The van der Waals surface area contributed by atoms with Crippen molar-refractivity contribution < 1.29 is 89.3 Å². The lowest BCUT2D eigenvalue weighted by Crippen LogP contribution is -2.64. The summed E-state index contributed by atoms with van der Waals surface area (Å²) < 4.78 is 37.5. The van der Waals surface area contributed by atoms with Gasteiger partial charge in [0.05, 0.1) is 26.4 Å². The Morgan fingerprint density at radius 3 is 1.69 bits per heavy atom. The fourth-order valence-corrected chi connectivity index (χ4v) is 4.66. The SMILES string of the molecule is OC[C@H]1O[C@@H](O[C@@H]2[C@@H](O)[C@H](O[C@H]3[C@H](O[C@@H]4[C@@H](O)[C@@H](O)CO[C@H]4O)OC[C@H](O)[C@@H]3O)OC[C@@H]2O)[C@H](O)[C@@H](O)[C@@H]1O. The minimum absolute atomic E-state index is 0.380. The topological polar surface area (TPSA) is 287 Å². The van der Waals surface area contributed by atoms with Crippen LogP contribution < -0.4 is 0 Å². The van der Waals surface area contributed by atoms with Gasteiger partial charge in [0, 0.05) is 0 Å². The molecule has 0 radical (unpaired) electrons. The van der Waals surface area contributed by atoms with Crippen LogP contribution in [0.1, 0.15) is 0 Å². The number of aliphatic hydroxyl groups is 11. The highest BCUT2D eigenvalue weighted by molar-refractivity contribution is 4.93. The number of aliphatic hydroxyl groups excluding tert-OH is 11. The molecule has 11 N–H and O–H groups in total. The van der Waals surface area contributed by atoms with Crippen molar-refractivity contribution in [2.24, 2.45) is 0 Å². The average Bonchev–Trinajstić information content (AvgIpc) is 2.91. The van der Waals surface area contributed by atoms with E-state index in [0.717, 1.165) is 0 Å². The van der Waals surface area contributed by atoms with Crippen LogP contribution in [0.2, 0.25) is 0 Å². The molecule has 0 aromatic rings. The second-order valence-electron chi connectivity index (χ2n) is 9.80. The third-order valence-corrected chi connectivity index (χ3v) is 7.03. The molecule has 0 amide bonds. The van der Waals surface area contributed by atoms with Crippen LogP contribution >= 0.6 is 0 Å². The van der Waals surface area contributed by atoms with Crippen molar-refractivity contribution in [3.05, 3.63) is 0 Å². The quantitative estimate of drug-likeness (QED) is 0.134. The number of hydrogen-bond donors (Lipinski definition) is 11. The van der Waals surface area contributed by atoms with Gasteiger partial charge >= 0.3 is 0 Å². The lowest BCUT2D eigenvalue weighted by Gasteiger charge is -2.46. The molecular formula is C21H36O18. The minimum Gasteiger partial charge on any atom is -0.394 e. The maximum Gasteiger partial charge on any atom is 0.187 e. The third-order valence-electron chi connectivity index (χ3n) is 7.03. The third kappa shape index (κ3) is 6.53. The zero-order valence-electron chi connectivity index (χ0n) is 20.4. The minimum atomic E-state index is -1.86. The largest absolute Gasteiger partial charge is 0.394 e. The first-order valence-electron chi connectivity index (χ1n) is 12.3. The van der Waals surface area contributed by atoms with E-state index in [1.807, 2.05) is 0 Å². The molecule has 4 fully saturated rings. The molecule has 4 aliphatic heterocycles. The Balaban J connectivity index is 1.46. The van der Waals surface area contributed by atoms with Crippen LogP contribution in [0.15, 0.2) is 0 Å². The summed E-state index contributed by atoms with van der Waals surface area (Å²) in [6, 6.07) is 0. The van der Waals surface area contributed by atoms with Gasteiger partial charge in [-0.3, -0.25) is 0 Å². The van der Waals surface area contributed by atoms with Crippen LogP contribution in [0, 0.1) is 0 Å². The summed E-state index contributed by atoms with van der Waals surface area (Å²) in [5.41, 5.74) is 0. The molecule has 18 heteroatoms. The maximum atomic E-state index is 10.9. The predicted octanol–water partition coefficient (Wildman–Crippen LogP) is -7.83. The van der Waals surface area contributed by atoms with Crippen LogP contribution in [0.4, 0.5) is 0 Å². The standard InChI is InChI=1S/C21H36O18/c22-1-8-11(28)12(29)13(30)20(36-8)37-15-7(25)4-34-19(14(15)31)39-17-10(27)6(24)3-35-21(17)38-16-9(26)5(23)2-33-18(16)32/h5-32H,1-4H2/t5-,6-,7-,8+,9-,10-,11+,12-,13+,14+,15-,16+,17+,18+,19-,20-,21-/m0/s1. The van der Waals surface area contributed by atoms with E-state index in [-0.39, 0.29) is 6.61 Å². The number of hydrogen-bond acceptors (Lipinski definition) is 18. The smallest absolute Gasteiger partial charge is 0.187 e. The maximum absolute atomic E-state index is 10.9. The molecule has 0 aliphatic carbocycles. The summed E-state index contributed by atoms with van der Waals surface area (Å²) in [6.45, 7) is -2.09. The van der Waals surface area contributed by atoms with Crippen molar-refractivity contribution in [2.45, 2.75) is 105 Å². The van der Waals surface area contributed by atoms with Gasteiger partial charge in [-0.15, -0.1) is 0 Å². The van der Waals surface area contributed by atoms with Crippen molar-refractivity contribution in [1.29, 1.82) is 0 Å². The van der Waals surface area contributed by atoms with E-state index in [4.69, 9.17) is 33.2 Å². The second kappa shape index (κ2) is 13.1. The van der Waals surface area contributed by atoms with Crippen LogP contribution in [-0.4, -0.2) is 187 Å². The van der Waals surface area contributed by atoms with E-state index in [1.165, 1.54) is 0 Å². The Morgan fingerprint density at radius 2 is 1.03 bits per heavy atom. The Hall–Kier alpha value is -0.720. The second-order valence-corrected chi connectivity index (χ2v) is 9.80. The summed E-state index contributed by atoms with van der Waals surface area (Å²) in [4.78, 5) is 0. The summed E-state index contributed by atoms with van der Waals surface area (Å²) in [5.74, 6) is 0. The fourth-order valence-electron chi connectivity index (χ4n) is 4.66. The highest BCUT2D eigenvalue weighted by Gasteiger charge is 2.52. The molecule has 0 saturated carbocycles. The molecule has 0 unspecified atom stereocenters. The molecule has 4 rings (SSSR count). The van der Waals surface area contributed by atoms with Gasteiger partial charge in [-0.25, -0.2) is 0 Å². The van der Waals surface area contributed by atoms with E-state index in [9.17, 15) is 56.2 Å². The summed E-state index contributed by atoms with van der Waals surface area (Å²) in [5, 5.41) is 112. The molecule has 0 aromatic heterocycles. The monoisotopic (exact) mass is 576 g/mol. The Bertz CT molecular complexity index is 775. The zero-order chi connectivity index (χ0) is 28.6. The Kier molecular flexibility index (Phi) is 10.5. The van der Waals surface area contributed by atoms with Crippen molar-refractivity contribution >= 4 is 0 Å². The van der Waals surface area contributed by atoms with E-state index >= 15 is 0 Å². The van der Waals surface area contributed by atoms with Gasteiger partial charge in [0.15, 0.2) is 25.2 Å². The van der Waals surface area contributed by atoms with E-state index in [0.29, 0.717) is 0 Å². The predicted molar refractivity (Wildman–Crippen MR) is 116 cm³/mol. The average molecular weight is 577 g/mol. The van der Waals surface area contributed by atoms with Crippen molar-refractivity contribution in [3.63, 3.8) is 0 Å². The van der Waals surface area contributed by atoms with E-state index in [1.54, 1.807) is 0 Å². The fraction of sp³-hybridized carbons (Fsp3) is 1.00. The first-order valence-corrected chi connectivity index (χ1v) is 12.3. The Labute approximate surface area is 221 Å². The highest BCUT2D eigenvalue weighted by Crippen LogP contribution is 2.31. The van der Waals surface area contributed by atoms with Crippen molar-refractivity contribution in [1.82, 2.24) is 0 Å². The summed E-state index contributed by atoms with van der Waals surface area (Å²) >= 11 is 0. The molecule has 228 valence electrons. The van der Waals surface area contributed by atoms with Gasteiger partial charge in [0.25, 0.3) is 0 Å². The van der Waals surface area contributed by atoms with Gasteiger partial charge in [-0.2, -0.15) is 0 Å². The number of rotatable bonds is 7. The van der Waals surface area contributed by atoms with Gasteiger partial charge in [-0.1, -0.05) is 0 Å². The molecule has 4 heterocycles. The van der Waals surface area contributed by atoms with E-state index in [2.05, 4.69) is 0 Å². The zero-order valence-corrected chi connectivity index (χ0v) is 20.4. The molecule has 4 aliphatic rings. The van der Waals surface area contributed by atoms with Gasteiger partial charge < -0.3 is 89.3 Å². The molecule has 0 bridgehead atoms. The first kappa shape index (κ1) is 31.2. The molecule has 0 aromatic carbocycles. The lowest BCUT2D eigenvalue weighted by molar-refractivity contribution is -0.380. The van der Waals surface area contributed by atoms with Gasteiger partial charge in [0.1, 0.15) is 79.4 Å². The summed E-state index contributed by atoms with van der Waals surface area (Å²) in [6.07, 6.45) is -27.7. The highest BCUT2D eigenvalue weighted by atomic mass is 16.8. The normalized spacial score (nSPS) is 53.5. The lowest BCUT2D eigenvalue weighted by atomic mass is 9.98. The molecule has 4 saturated heterocycles. The summed E-state index contributed by atoms with van der Waals surface area (Å²) in [7, 11) is 0. The van der Waals surface area contributed by atoms with Gasteiger partial charge in [-0.05, 0) is 0 Å². The van der Waals surface area contributed by atoms with Crippen molar-refractivity contribution in [3.8, 4) is 0 Å². The van der Waals surface area contributed by atoms with Gasteiger partial charge in [0.2, 0.25) is 0 Å². The first-order chi connectivity index (χ1) is 18.4. The molecule has 17 atom stereocenters. The Morgan fingerprint density at radius 1 is 0.487 bits per heavy atom. The molecule has 18 nitrogen and oxygen atoms in total. The molecule has 0 spiro atoms. The van der Waals surface area contributed by atoms with Crippen LogP contribution in [0.3, 0.4) is 0 Å². The van der Waals surface area contributed by atoms with Crippen LogP contribution in [0.5, 0.6) is 0 Å². The van der Waals surface area contributed by atoms with Crippen LogP contribution in [-0.2, 0) is 33.2 Å². The number of ether oxygens (including phenoxy) is 7. The molecule has 39 heavy (non-hydrogen) atoms. The molecular weight excluding hydrogens is 540 g/mol. The van der Waals surface area contributed by atoms with Crippen LogP contribution in [0.25, 0.3) is 0 Å². The van der Waals surface area contributed by atoms with E-state index < -0.39 is 124 Å². The van der Waals surface area contributed by atoms with Crippen molar-refractivity contribution in [2.75, 3.05) is 26.4 Å².